The topological polar surface area (TPSA) is 142 Å². The summed E-state index contributed by atoms with van der Waals surface area (Å²) in [5.74, 6) is 0.157. The Labute approximate surface area is 201 Å². The summed E-state index contributed by atoms with van der Waals surface area (Å²) in [7, 11) is 0. The van der Waals surface area contributed by atoms with Gasteiger partial charge in [0.2, 0.25) is 11.7 Å². The number of H-pyrrole nitrogens is 2. The summed E-state index contributed by atoms with van der Waals surface area (Å²) in [5.41, 5.74) is 7.63. The van der Waals surface area contributed by atoms with E-state index in [4.69, 9.17) is 10.2 Å². The van der Waals surface area contributed by atoms with E-state index in [0.717, 1.165) is 27.4 Å². The number of rotatable bonds is 9. The van der Waals surface area contributed by atoms with E-state index < -0.39 is 5.54 Å². The number of carbonyl (C=O) groups excluding carboxylic acids is 2. The number of nitrogen functional groups attached to an aromatic ring is 1. The Hall–Kier alpha value is -4.37. The number of nitrogens with zero attached hydrogens (tertiary/aromatic N) is 1. The number of aromatic amines is 2. The third-order valence-electron chi connectivity index (χ3n) is 6.21. The average molecular weight is 471 g/mol. The number of anilines is 1. The Balaban J connectivity index is 1.37. The number of Topliss-reactive ketones (excluding diaryl/α,β-unsaturated/α-hetero) is 1. The minimum Gasteiger partial charge on any atom is -0.460 e. The van der Waals surface area contributed by atoms with Crippen molar-refractivity contribution >= 4 is 39.4 Å². The molecular weight excluding hydrogens is 444 g/mol. The van der Waals surface area contributed by atoms with Crippen LogP contribution in [0.25, 0.3) is 21.9 Å². The molecule has 0 aliphatic heterocycles. The maximum atomic E-state index is 13.5. The number of imidazole rings is 1. The number of hydrogen-bond acceptors (Lipinski definition) is 6. The van der Waals surface area contributed by atoms with Gasteiger partial charge < -0.3 is 25.4 Å². The van der Waals surface area contributed by atoms with Crippen LogP contribution < -0.4 is 16.4 Å². The third kappa shape index (κ3) is 4.53. The van der Waals surface area contributed by atoms with E-state index in [1.54, 1.807) is 0 Å². The van der Waals surface area contributed by atoms with Gasteiger partial charge in [-0.15, -0.1) is 0 Å². The van der Waals surface area contributed by atoms with Crippen molar-refractivity contribution in [3.8, 4) is 0 Å². The van der Waals surface area contributed by atoms with E-state index in [2.05, 4.69) is 25.6 Å². The Morgan fingerprint density at radius 3 is 2.71 bits per heavy atom. The molecule has 9 nitrogen and oxygen atoms in total. The van der Waals surface area contributed by atoms with Crippen LogP contribution in [0.4, 0.5) is 5.82 Å². The molecule has 6 N–H and O–H groups in total. The number of benzene rings is 2. The maximum absolute atomic E-state index is 13.5. The van der Waals surface area contributed by atoms with Gasteiger partial charge in [0.15, 0.2) is 5.82 Å². The predicted molar refractivity (Wildman–Crippen MR) is 134 cm³/mol. The molecule has 2 aromatic carbocycles. The van der Waals surface area contributed by atoms with Crippen molar-refractivity contribution < 1.29 is 14.0 Å². The number of ketones is 1. The molecule has 0 saturated carbocycles. The summed E-state index contributed by atoms with van der Waals surface area (Å²) in [6, 6.07) is 17.6. The largest absolute Gasteiger partial charge is 0.460 e. The smallest absolute Gasteiger partial charge is 0.240 e. The minimum atomic E-state index is -1.04. The highest BCUT2D eigenvalue weighted by Gasteiger charge is 2.34. The molecule has 3 heterocycles. The van der Waals surface area contributed by atoms with Crippen LogP contribution >= 0.6 is 0 Å². The van der Waals surface area contributed by atoms with E-state index in [1.807, 2.05) is 67.7 Å². The molecular formula is C26H26N6O3. The molecule has 5 rings (SSSR count). The zero-order chi connectivity index (χ0) is 24.4. The summed E-state index contributed by atoms with van der Waals surface area (Å²) >= 11 is 0. The van der Waals surface area contributed by atoms with E-state index >= 15 is 0 Å². The van der Waals surface area contributed by atoms with Gasteiger partial charge in [0.1, 0.15) is 17.0 Å². The number of carbonyl (C=O) groups is 2. The monoisotopic (exact) mass is 470 g/mol. The van der Waals surface area contributed by atoms with Gasteiger partial charge in [-0.3, -0.25) is 14.9 Å². The predicted octanol–water partition coefficient (Wildman–Crippen LogP) is 3.31. The van der Waals surface area contributed by atoms with Gasteiger partial charge >= 0.3 is 0 Å². The second-order valence-corrected chi connectivity index (χ2v) is 8.74. The molecule has 0 radical (unpaired) electrons. The van der Waals surface area contributed by atoms with Crippen molar-refractivity contribution in [2.24, 2.45) is 0 Å². The van der Waals surface area contributed by atoms with Gasteiger partial charge in [-0.25, -0.2) is 4.98 Å². The molecule has 0 bridgehead atoms. The number of hydrogen-bond donors (Lipinski definition) is 5. The van der Waals surface area contributed by atoms with Crippen molar-refractivity contribution in [3.05, 3.63) is 84.1 Å². The van der Waals surface area contributed by atoms with Crippen LogP contribution in [0, 0.1) is 0 Å². The molecule has 178 valence electrons. The fourth-order valence-electron chi connectivity index (χ4n) is 4.26. The number of fused-ring (bicyclic) bond motifs is 2. The van der Waals surface area contributed by atoms with Crippen LogP contribution in [0.3, 0.4) is 0 Å². The zero-order valence-electron chi connectivity index (χ0n) is 19.2. The first-order valence-corrected chi connectivity index (χ1v) is 11.3. The van der Waals surface area contributed by atoms with Crippen molar-refractivity contribution in [3.63, 3.8) is 0 Å². The lowest BCUT2D eigenvalue weighted by molar-refractivity contribution is -0.127. The van der Waals surface area contributed by atoms with Crippen LogP contribution in [0.15, 0.2) is 71.5 Å². The lowest BCUT2D eigenvalue weighted by Gasteiger charge is -2.29. The Morgan fingerprint density at radius 2 is 1.91 bits per heavy atom. The van der Waals surface area contributed by atoms with Crippen LogP contribution in [0.2, 0.25) is 0 Å². The standard InChI is InChI=1S/C26H26N6O3/c1-26(11-17-12-28-20-8-4-3-7-19(17)20,25(34)29-14-21(33)23-24(27)31-15-30-23)32-13-18-10-16-6-2-5-9-22(16)35-18/h2-10,12,15,28,32H,11,13-14,27H2,1H3,(H,29,34)(H,30,31). The lowest BCUT2D eigenvalue weighted by atomic mass is 9.91. The lowest BCUT2D eigenvalue weighted by Crippen LogP contribution is -2.56. The van der Waals surface area contributed by atoms with Crippen molar-refractivity contribution in [2.45, 2.75) is 25.4 Å². The molecule has 3 aromatic heterocycles. The SMILES string of the molecule is CC(Cc1c[nH]c2ccccc12)(NCc1cc2ccccc2o1)C(=O)NCC(=O)c1[nH]cnc1N. The van der Waals surface area contributed by atoms with Crippen LogP contribution in [-0.2, 0) is 17.8 Å². The maximum Gasteiger partial charge on any atom is 0.240 e. The summed E-state index contributed by atoms with van der Waals surface area (Å²) in [6.45, 7) is 1.95. The second kappa shape index (κ2) is 9.11. The molecule has 1 atom stereocenters. The molecule has 0 aliphatic carbocycles. The first kappa shape index (κ1) is 22.4. The first-order chi connectivity index (χ1) is 16.9. The number of nitrogens with two attached hydrogens (primary N) is 1. The van der Waals surface area contributed by atoms with E-state index in [0.29, 0.717) is 18.7 Å². The van der Waals surface area contributed by atoms with Crippen molar-refractivity contribution in [2.75, 3.05) is 12.3 Å². The molecule has 5 aromatic rings. The molecule has 0 saturated heterocycles. The van der Waals surface area contributed by atoms with Gasteiger partial charge in [0, 0.05) is 28.9 Å². The third-order valence-corrected chi connectivity index (χ3v) is 6.21. The summed E-state index contributed by atoms with van der Waals surface area (Å²) < 4.78 is 5.93. The highest BCUT2D eigenvalue weighted by Crippen LogP contribution is 2.24. The van der Waals surface area contributed by atoms with Gasteiger partial charge in [0.25, 0.3) is 0 Å². The molecule has 0 fully saturated rings. The van der Waals surface area contributed by atoms with E-state index in [1.165, 1.54) is 6.33 Å². The minimum absolute atomic E-state index is 0.105. The molecule has 35 heavy (non-hydrogen) atoms. The fourth-order valence-corrected chi connectivity index (χ4v) is 4.26. The quantitative estimate of drug-likeness (QED) is 0.209. The summed E-state index contributed by atoms with van der Waals surface area (Å²) in [4.78, 5) is 35.8. The number of nitrogens with one attached hydrogen (secondary N) is 4. The van der Waals surface area contributed by atoms with E-state index in [9.17, 15) is 9.59 Å². The number of para-hydroxylation sites is 2. The average Bonchev–Trinajstić information content (AvgIpc) is 3.59. The zero-order valence-corrected chi connectivity index (χ0v) is 19.2. The normalized spacial score (nSPS) is 13.2. The Morgan fingerprint density at radius 1 is 1.11 bits per heavy atom. The van der Waals surface area contributed by atoms with E-state index in [-0.39, 0.29) is 29.7 Å². The van der Waals surface area contributed by atoms with Gasteiger partial charge in [0.05, 0.1) is 25.0 Å². The van der Waals surface area contributed by atoms with Gasteiger partial charge in [-0.05, 0) is 30.7 Å². The number of furan rings is 1. The molecule has 1 amide bonds. The Bertz CT molecular complexity index is 1480. The van der Waals surface area contributed by atoms with Crippen LogP contribution in [0.1, 0.15) is 28.7 Å². The van der Waals surface area contributed by atoms with Gasteiger partial charge in [-0.1, -0.05) is 36.4 Å². The fraction of sp³-hybridized carbons (Fsp3) is 0.192. The Kier molecular flexibility index (Phi) is 5.84. The molecule has 0 aliphatic rings. The van der Waals surface area contributed by atoms with Crippen LogP contribution in [0.5, 0.6) is 0 Å². The van der Waals surface area contributed by atoms with Crippen molar-refractivity contribution in [1.29, 1.82) is 0 Å². The highest BCUT2D eigenvalue weighted by molar-refractivity contribution is 6.02. The highest BCUT2D eigenvalue weighted by atomic mass is 16.3. The van der Waals surface area contributed by atoms with Crippen LogP contribution in [-0.4, -0.2) is 38.7 Å². The number of amides is 1. The van der Waals surface area contributed by atoms with Crippen molar-refractivity contribution in [1.82, 2.24) is 25.6 Å². The molecule has 9 heteroatoms. The summed E-state index contributed by atoms with van der Waals surface area (Å²) in [5, 5.41) is 8.17. The first-order valence-electron chi connectivity index (χ1n) is 11.3. The number of aromatic nitrogens is 3. The van der Waals surface area contributed by atoms with Gasteiger partial charge in [-0.2, -0.15) is 0 Å². The second-order valence-electron chi connectivity index (χ2n) is 8.74. The molecule has 1 unspecified atom stereocenters. The summed E-state index contributed by atoms with van der Waals surface area (Å²) in [6.07, 6.45) is 3.65. The molecule has 0 spiro atoms.